The van der Waals surface area contributed by atoms with Gasteiger partial charge < -0.3 is 30.2 Å². The van der Waals surface area contributed by atoms with E-state index in [0.29, 0.717) is 28.0 Å². The Hall–Kier alpha value is -3.07. The molecule has 182 valence electrons. The van der Waals surface area contributed by atoms with Crippen LogP contribution in [0.25, 0.3) is 33.3 Å². The monoisotopic (exact) mass is 492 g/mol. The minimum absolute atomic E-state index is 0.202. The number of anilines is 2. The Morgan fingerprint density at radius 2 is 1.97 bits per heavy atom. The molecule has 4 aromatic rings. The second-order valence-corrected chi connectivity index (χ2v) is 9.74. The highest BCUT2D eigenvalue weighted by atomic mass is 35.5. The van der Waals surface area contributed by atoms with Crippen molar-refractivity contribution in [3.8, 4) is 11.4 Å². The number of pyridine rings is 1. The Labute approximate surface area is 208 Å². The number of ether oxygens (including phenoxy) is 1. The second kappa shape index (κ2) is 9.53. The molecule has 6 rings (SSSR count). The Bertz CT molecular complexity index is 1420. The van der Waals surface area contributed by atoms with Crippen molar-refractivity contribution in [2.45, 2.75) is 25.3 Å². The van der Waals surface area contributed by atoms with Gasteiger partial charge in [-0.1, -0.05) is 18.0 Å². The third-order valence-corrected chi connectivity index (χ3v) is 7.23. The van der Waals surface area contributed by atoms with Crippen LogP contribution in [0.5, 0.6) is 0 Å². The first-order valence-corrected chi connectivity index (χ1v) is 12.7. The lowest BCUT2D eigenvalue weighted by atomic mass is 10.0. The zero-order valence-electron chi connectivity index (χ0n) is 19.5. The second-order valence-electron chi connectivity index (χ2n) is 9.31. The number of nitrogens with one attached hydrogen (secondary N) is 4. The van der Waals surface area contributed by atoms with Crippen LogP contribution in [0.15, 0.2) is 41.2 Å². The van der Waals surface area contributed by atoms with E-state index in [4.69, 9.17) is 21.3 Å². The van der Waals surface area contributed by atoms with Crippen LogP contribution in [-0.2, 0) is 4.74 Å². The number of rotatable bonds is 5. The van der Waals surface area contributed by atoms with Crippen LogP contribution in [-0.4, -0.2) is 60.4 Å². The lowest BCUT2D eigenvalue weighted by molar-refractivity contribution is 0.122. The number of hydrogen-bond donors (Lipinski definition) is 4. The number of hydrogen-bond acceptors (Lipinski definition) is 6. The van der Waals surface area contributed by atoms with E-state index in [1.54, 1.807) is 6.07 Å². The van der Waals surface area contributed by atoms with E-state index in [0.717, 1.165) is 73.6 Å². The smallest absolute Gasteiger partial charge is 0.261 e. The van der Waals surface area contributed by atoms with Crippen molar-refractivity contribution in [1.29, 1.82) is 0 Å². The van der Waals surface area contributed by atoms with Crippen molar-refractivity contribution >= 4 is 44.9 Å². The van der Waals surface area contributed by atoms with Crippen LogP contribution in [0, 0.1) is 0 Å². The fourth-order valence-corrected chi connectivity index (χ4v) is 5.31. The van der Waals surface area contributed by atoms with E-state index in [1.165, 1.54) is 12.8 Å². The minimum atomic E-state index is -0.202. The van der Waals surface area contributed by atoms with Crippen molar-refractivity contribution in [3.05, 3.63) is 51.8 Å². The van der Waals surface area contributed by atoms with Crippen LogP contribution >= 0.6 is 11.6 Å². The van der Waals surface area contributed by atoms with Crippen LogP contribution in [0.1, 0.15) is 19.3 Å². The largest absolute Gasteiger partial charge is 0.382 e. The van der Waals surface area contributed by atoms with Crippen molar-refractivity contribution in [1.82, 2.24) is 20.3 Å². The molecule has 4 heterocycles. The first-order chi connectivity index (χ1) is 17.2. The maximum atomic E-state index is 13.4. The van der Waals surface area contributed by atoms with Crippen LogP contribution in [0.2, 0.25) is 5.02 Å². The van der Waals surface area contributed by atoms with E-state index in [9.17, 15) is 4.79 Å². The lowest BCUT2D eigenvalue weighted by Crippen LogP contribution is -2.39. The summed E-state index contributed by atoms with van der Waals surface area (Å²) >= 11 is 6.23. The fourth-order valence-electron chi connectivity index (χ4n) is 5.13. The normalized spacial score (nSPS) is 18.9. The summed E-state index contributed by atoms with van der Waals surface area (Å²) in [6.07, 6.45) is 3.54. The summed E-state index contributed by atoms with van der Waals surface area (Å²) in [5, 5.41) is 8.65. The van der Waals surface area contributed by atoms with Crippen molar-refractivity contribution in [2.75, 3.05) is 49.6 Å². The molecule has 8 nitrogen and oxygen atoms in total. The summed E-state index contributed by atoms with van der Waals surface area (Å²) in [6, 6.07) is 12.2. The molecule has 1 unspecified atom stereocenters. The molecule has 0 radical (unpaired) electrons. The first-order valence-electron chi connectivity index (χ1n) is 12.3. The van der Waals surface area contributed by atoms with Gasteiger partial charge in [0.25, 0.3) is 5.56 Å². The standard InChI is InChI=1S/C26H29ClN6O2/c27-16-4-6-19-21(13-16)32-26(34)23(24(19)29-15-17-3-1-2-8-28-17)25-30-20-7-5-18(14-22(20)31-25)33-9-11-35-12-10-33/h4-7,13-14,17,28H,1-3,8-12,15H2,(H,30,31)(H2,29,32,34). The van der Waals surface area contributed by atoms with Gasteiger partial charge >= 0.3 is 0 Å². The number of nitrogens with zero attached hydrogens (tertiary/aromatic N) is 2. The number of halogens is 1. The van der Waals surface area contributed by atoms with Crippen molar-refractivity contribution in [2.24, 2.45) is 0 Å². The molecule has 4 N–H and O–H groups in total. The highest BCUT2D eigenvalue weighted by Crippen LogP contribution is 2.33. The van der Waals surface area contributed by atoms with Gasteiger partial charge in [0, 0.05) is 41.8 Å². The summed E-state index contributed by atoms with van der Waals surface area (Å²) in [4.78, 5) is 26.9. The Morgan fingerprint density at radius 3 is 2.80 bits per heavy atom. The van der Waals surface area contributed by atoms with E-state index in [-0.39, 0.29) is 5.56 Å². The molecule has 35 heavy (non-hydrogen) atoms. The van der Waals surface area contributed by atoms with Gasteiger partial charge in [0.05, 0.1) is 35.5 Å². The molecule has 2 aliphatic heterocycles. The Balaban J connectivity index is 1.42. The molecule has 2 aliphatic rings. The zero-order chi connectivity index (χ0) is 23.8. The molecule has 2 fully saturated rings. The zero-order valence-corrected chi connectivity index (χ0v) is 20.3. The average Bonchev–Trinajstić information content (AvgIpc) is 3.31. The Morgan fingerprint density at radius 1 is 1.09 bits per heavy atom. The summed E-state index contributed by atoms with van der Waals surface area (Å²) in [6.45, 7) is 4.93. The number of aromatic nitrogens is 3. The highest BCUT2D eigenvalue weighted by molar-refractivity contribution is 6.31. The molecule has 1 atom stereocenters. The molecule has 2 aromatic carbocycles. The quantitative estimate of drug-likeness (QED) is 0.334. The molecular formula is C26H29ClN6O2. The number of morpholine rings is 1. The van der Waals surface area contributed by atoms with Crippen molar-refractivity contribution < 1.29 is 4.74 Å². The molecular weight excluding hydrogens is 464 g/mol. The van der Waals surface area contributed by atoms with E-state index >= 15 is 0 Å². The van der Waals surface area contributed by atoms with Crippen LogP contribution in [0.4, 0.5) is 11.4 Å². The van der Waals surface area contributed by atoms with Crippen molar-refractivity contribution in [3.63, 3.8) is 0 Å². The SMILES string of the molecule is O=c1[nH]c2cc(Cl)ccc2c(NCC2CCCCN2)c1-c1nc2cc(N3CCOCC3)ccc2[nH]1. The maximum Gasteiger partial charge on any atom is 0.261 e. The molecule has 0 bridgehead atoms. The average molecular weight is 493 g/mol. The fraction of sp³-hybridized carbons (Fsp3) is 0.385. The third kappa shape index (κ3) is 4.49. The molecule has 0 spiro atoms. The summed E-state index contributed by atoms with van der Waals surface area (Å²) in [5.74, 6) is 0.552. The van der Waals surface area contributed by atoms with E-state index in [1.807, 2.05) is 18.2 Å². The van der Waals surface area contributed by atoms with Gasteiger partial charge in [-0.2, -0.15) is 0 Å². The molecule has 0 amide bonds. The van der Waals surface area contributed by atoms with Gasteiger partial charge in [-0.05, 0) is 55.8 Å². The predicted octanol–water partition coefficient (Wildman–Crippen LogP) is 4.12. The van der Waals surface area contributed by atoms with Gasteiger partial charge in [-0.3, -0.25) is 4.79 Å². The number of aromatic amines is 2. The topological polar surface area (TPSA) is 98.1 Å². The number of piperidine rings is 1. The van der Waals surface area contributed by atoms with E-state index < -0.39 is 0 Å². The first kappa shape index (κ1) is 22.4. The summed E-state index contributed by atoms with van der Waals surface area (Å²) in [7, 11) is 0. The summed E-state index contributed by atoms with van der Waals surface area (Å²) < 4.78 is 5.48. The van der Waals surface area contributed by atoms with Crippen LogP contribution in [0.3, 0.4) is 0 Å². The van der Waals surface area contributed by atoms with Crippen LogP contribution < -0.4 is 21.1 Å². The molecule has 0 saturated carbocycles. The lowest BCUT2D eigenvalue weighted by Gasteiger charge is -2.28. The number of fused-ring (bicyclic) bond motifs is 2. The molecule has 2 saturated heterocycles. The van der Waals surface area contributed by atoms with Gasteiger partial charge in [0.2, 0.25) is 0 Å². The molecule has 0 aliphatic carbocycles. The third-order valence-electron chi connectivity index (χ3n) is 6.99. The van der Waals surface area contributed by atoms with Gasteiger partial charge in [0.15, 0.2) is 0 Å². The maximum absolute atomic E-state index is 13.4. The van der Waals surface area contributed by atoms with E-state index in [2.05, 4.69) is 37.6 Å². The minimum Gasteiger partial charge on any atom is -0.382 e. The van der Waals surface area contributed by atoms with Gasteiger partial charge in [-0.25, -0.2) is 4.98 Å². The van der Waals surface area contributed by atoms with Gasteiger partial charge in [0.1, 0.15) is 11.4 Å². The molecule has 9 heteroatoms. The highest BCUT2D eigenvalue weighted by Gasteiger charge is 2.21. The predicted molar refractivity (Wildman–Crippen MR) is 142 cm³/mol. The summed E-state index contributed by atoms with van der Waals surface area (Å²) in [5.41, 5.74) is 4.64. The number of imidazole rings is 1. The van der Waals surface area contributed by atoms with Gasteiger partial charge in [-0.15, -0.1) is 0 Å². The molecule has 2 aromatic heterocycles. The Kier molecular flexibility index (Phi) is 6.10. The number of benzene rings is 2. The number of H-pyrrole nitrogens is 2.